The lowest BCUT2D eigenvalue weighted by Gasteiger charge is -2.32. The van der Waals surface area contributed by atoms with Crippen LogP contribution in [0.25, 0.3) is 0 Å². The third kappa shape index (κ3) is 2.56. The lowest BCUT2D eigenvalue weighted by atomic mass is 9.81. The van der Waals surface area contributed by atoms with Gasteiger partial charge in [-0.05, 0) is 34.1 Å². The van der Waals surface area contributed by atoms with Gasteiger partial charge < -0.3 is 14.0 Å². The van der Waals surface area contributed by atoms with Crippen LogP contribution < -0.4 is 0 Å². The van der Waals surface area contributed by atoms with Crippen LogP contribution in [0.1, 0.15) is 34.1 Å². The van der Waals surface area contributed by atoms with Crippen LogP contribution in [0.4, 0.5) is 0 Å². The van der Waals surface area contributed by atoms with Gasteiger partial charge >= 0.3 is 7.12 Å². The van der Waals surface area contributed by atoms with Crippen molar-refractivity contribution in [2.75, 3.05) is 13.2 Å². The van der Waals surface area contributed by atoms with Gasteiger partial charge in [0.2, 0.25) is 0 Å². The van der Waals surface area contributed by atoms with Crippen LogP contribution in [0.3, 0.4) is 0 Å². The van der Waals surface area contributed by atoms with Crippen molar-refractivity contribution in [2.45, 2.75) is 45.3 Å². The predicted molar refractivity (Wildman–Crippen MR) is 73.3 cm³/mol. The van der Waals surface area contributed by atoms with E-state index < -0.39 is 0 Å². The topological polar surface area (TPSA) is 27.7 Å². The molecule has 18 heavy (non-hydrogen) atoms. The van der Waals surface area contributed by atoms with E-state index in [4.69, 9.17) is 14.0 Å². The van der Waals surface area contributed by atoms with Gasteiger partial charge in [0.05, 0.1) is 24.4 Å². The minimum atomic E-state index is -0.274. The summed E-state index contributed by atoms with van der Waals surface area (Å²) in [6.07, 6.45) is 2.87. The van der Waals surface area contributed by atoms with Gasteiger partial charge in [0.25, 0.3) is 0 Å². The Balaban J connectivity index is 2.12. The number of hydrogen-bond acceptors (Lipinski definition) is 3. The van der Waals surface area contributed by atoms with Gasteiger partial charge in [-0.2, -0.15) is 0 Å². The van der Waals surface area contributed by atoms with Crippen molar-refractivity contribution in [1.82, 2.24) is 0 Å². The zero-order chi connectivity index (χ0) is 13.4. The SMILES string of the molecule is C=CC1COCC/C1=C\B1OC(C)(C)C(C)(C)O1. The Morgan fingerprint density at radius 3 is 2.39 bits per heavy atom. The van der Waals surface area contributed by atoms with Crippen molar-refractivity contribution in [1.29, 1.82) is 0 Å². The van der Waals surface area contributed by atoms with E-state index in [0.717, 1.165) is 19.6 Å². The quantitative estimate of drug-likeness (QED) is 0.557. The van der Waals surface area contributed by atoms with Crippen LogP contribution in [0.2, 0.25) is 0 Å². The second-order valence-corrected chi connectivity index (χ2v) is 6.03. The van der Waals surface area contributed by atoms with Crippen LogP contribution in [-0.4, -0.2) is 31.5 Å². The zero-order valence-electron chi connectivity index (χ0n) is 11.9. The maximum atomic E-state index is 5.99. The van der Waals surface area contributed by atoms with Gasteiger partial charge in [0.15, 0.2) is 0 Å². The molecule has 1 unspecified atom stereocenters. The first kappa shape index (κ1) is 13.8. The zero-order valence-corrected chi connectivity index (χ0v) is 11.9. The Morgan fingerprint density at radius 2 is 1.83 bits per heavy atom. The molecule has 0 radical (unpaired) electrons. The molecular weight excluding hydrogens is 227 g/mol. The molecule has 2 saturated heterocycles. The summed E-state index contributed by atoms with van der Waals surface area (Å²) in [6.45, 7) is 13.6. The summed E-state index contributed by atoms with van der Waals surface area (Å²) in [6, 6.07) is 0. The largest absolute Gasteiger partial charge is 0.487 e. The molecule has 0 saturated carbocycles. The van der Waals surface area contributed by atoms with Crippen molar-refractivity contribution >= 4 is 7.12 Å². The van der Waals surface area contributed by atoms with Gasteiger partial charge in [0.1, 0.15) is 0 Å². The Bertz CT molecular complexity index is 344. The Morgan fingerprint density at radius 1 is 1.22 bits per heavy atom. The molecule has 0 aromatic heterocycles. The van der Waals surface area contributed by atoms with E-state index in [-0.39, 0.29) is 24.2 Å². The molecule has 2 rings (SSSR count). The first-order chi connectivity index (χ1) is 8.36. The number of ether oxygens (including phenoxy) is 1. The predicted octanol–water partition coefficient (Wildman–Crippen LogP) is 2.77. The minimum Gasteiger partial charge on any atom is -0.400 e. The molecular formula is C14H23BO3. The van der Waals surface area contributed by atoms with Crippen LogP contribution in [-0.2, 0) is 14.0 Å². The van der Waals surface area contributed by atoms with Gasteiger partial charge in [0, 0.05) is 5.92 Å². The van der Waals surface area contributed by atoms with Crippen LogP contribution >= 0.6 is 0 Å². The van der Waals surface area contributed by atoms with Crippen LogP contribution in [0, 0.1) is 5.92 Å². The minimum absolute atomic E-state index is 0.259. The second-order valence-electron chi connectivity index (χ2n) is 6.03. The fraction of sp³-hybridized carbons (Fsp3) is 0.714. The monoisotopic (exact) mass is 250 g/mol. The smallest absolute Gasteiger partial charge is 0.400 e. The van der Waals surface area contributed by atoms with Gasteiger partial charge in [-0.15, -0.1) is 6.58 Å². The molecule has 4 heteroatoms. The molecule has 100 valence electrons. The molecule has 1 atom stereocenters. The standard InChI is InChI=1S/C14H23BO3/c1-6-11-10-16-8-7-12(11)9-15-17-13(2,3)14(4,5)18-15/h6,9,11H,1,7-8,10H2,2-5H3/b12-9+. The Kier molecular flexibility index (Phi) is 3.72. The third-order valence-electron chi connectivity index (χ3n) is 4.21. The average Bonchev–Trinajstić information content (AvgIpc) is 2.47. The molecule has 0 aliphatic carbocycles. The van der Waals surface area contributed by atoms with Crippen LogP contribution in [0.15, 0.2) is 24.2 Å². The number of hydrogen-bond donors (Lipinski definition) is 0. The van der Waals surface area contributed by atoms with E-state index in [9.17, 15) is 0 Å². The maximum Gasteiger partial charge on any atom is 0.487 e. The highest BCUT2D eigenvalue weighted by molar-refractivity contribution is 6.51. The molecule has 2 fully saturated rings. The molecule has 0 bridgehead atoms. The first-order valence-corrected chi connectivity index (χ1v) is 6.62. The molecule has 0 spiro atoms. The highest BCUT2D eigenvalue weighted by Crippen LogP contribution is 2.37. The lowest BCUT2D eigenvalue weighted by molar-refractivity contribution is 0.00578. The molecule has 2 heterocycles. The summed E-state index contributed by atoms with van der Waals surface area (Å²) < 4.78 is 17.4. The highest BCUT2D eigenvalue weighted by Gasteiger charge is 2.50. The second kappa shape index (κ2) is 4.84. The molecule has 0 aromatic rings. The van der Waals surface area contributed by atoms with E-state index in [2.05, 4.69) is 40.2 Å². The lowest BCUT2D eigenvalue weighted by Crippen LogP contribution is -2.41. The molecule has 0 amide bonds. The summed E-state index contributed by atoms with van der Waals surface area (Å²) in [7, 11) is -0.259. The molecule has 3 nitrogen and oxygen atoms in total. The Hall–Kier alpha value is -0.575. The third-order valence-corrected chi connectivity index (χ3v) is 4.21. The van der Waals surface area contributed by atoms with Gasteiger partial charge in [-0.3, -0.25) is 0 Å². The summed E-state index contributed by atoms with van der Waals surface area (Å²) >= 11 is 0. The average molecular weight is 250 g/mol. The first-order valence-electron chi connectivity index (χ1n) is 6.62. The summed E-state index contributed by atoms with van der Waals surface area (Å²) in [5, 5.41) is 0. The van der Waals surface area contributed by atoms with Crippen molar-refractivity contribution in [2.24, 2.45) is 5.92 Å². The molecule has 0 aromatic carbocycles. The summed E-state index contributed by atoms with van der Waals surface area (Å²) in [5.74, 6) is 2.39. The summed E-state index contributed by atoms with van der Waals surface area (Å²) in [5.41, 5.74) is 0.766. The van der Waals surface area contributed by atoms with E-state index >= 15 is 0 Å². The van der Waals surface area contributed by atoms with E-state index in [1.54, 1.807) is 0 Å². The van der Waals surface area contributed by atoms with Crippen molar-refractivity contribution in [3.05, 3.63) is 24.2 Å². The van der Waals surface area contributed by atoms with Crippen LogP contribution in [0.5, 0.6) is 0 Å². The van der Waals surface area contributed by atoms with Crippen molar-refractivity contribution in [3.8, 4) is 0 Å². The molecule has 2 aliphatic heterocycles. The fourth-order valence-electron chi connectivity index (χ4n) is 2.25. The molecule has 2 aliphatic rings. The van der Waals surface area contributed by atoms with Crippen molar-refractivity contribution < 1.29 is 14.0 Å². The van der Waals surface area contributed by atoms with E-state index in [1.807, 2.05) is 6.08 Å². The van der Waals surface area contributed by atoms with E-state index in [1.165, 1.54) is 5.57 Å². The van der Waals surface area contributed by atoms with E-state index in [0.29, 0.717) is 0 Å². The van der Waals surface area contributed by atoms with Crippen molar-refractivity contribution in [3.63, 3.8) is 0 Å². The summed E-state index contributed by atoms with van der Waals surface area (Å²) in [4.78, 5) is 0. The number of rotatable bonds is 2. The molecule has 0 N–H and O–H groups in total. The maximum absolute atomic E-state index is 5.99. The van der Waals surface area contributed by atoms with Gasteiger partial charge in [-0.1, -0.05) is 17.6 Å². The van der Waals surface area contributed by atoms with Gasteiger partial charge in [-0.25, -0.2) is 0 Å². The fourth-order valence-corrected chi connectivity index (χ4v) is 2.25. The highest BCUT2D eigenvalue weighted by atomic mass is 16.7. The normalized spacial score (nSPS) is 32.8. The Labute approximate surface area is 110 Å².